The first-order valence-corrected chi connectivity index (χ1v) is 6.80. The van der Waals surface area contributed by atoms with E-state index in [0.29, 0.717) is 4.87 Å². The van der Waals surface area contributed by atoms with E-state index in [2.05, 4.69) is 0 Å². The van der Waals surface area contributed by atoms with Crippen molar-refractivity contribution in [3.63, 3.8) is 0 Å². The SMILES string of the molecule is Fc1cccc(C2[Si]CCCS2)c1. The Balaban J connectivity index is 2.14. The lowest BCUT2D eigenvalue weighted by Crippen LogP contribution is -2.10. The van der Waals surface area contributed by atoms with Gasteiger partial charge in [-0.15, -0.1) is 0 Å². The van der Waals surface area contributed by atoms with Gasteiger partial charge in [-0.2, -0.15) is 11.8 Å². The van der Waals surface area contributed by atoms with Crippen LogP contribution in [0.2, 0.25) is 6.04 Å². The van der Waals surface area contributed by atoms with Crippen molar-refractivity contribution in [3.8, 4) is 0 Å². The molecule has 0 nitrogen and oxygen atoms in total. The number of thioether (sulfide) groups is 1. The average Bonchev–Trinajstić information content (AvgIpc) is 2.19. The maximum absolute atomic E-state index is 12.9. The first-order chi connectivity index (χ1) is 6.36. The summed E-state index contributed by atoms with van der Waals surface area (Å²) in [6.45, 7) is 0. The van der Waals surface area contributed by atoms with Crippen molar-refractivity contribution in [2.45, 2.75) is 17.3 Å². The molecule has 0 N–H and O–H groups in total. The number of rotatable bonds is 1. The van der Waals surface area contributed by atoms with E-state index in [1.54, 1.807) is 6.07 Å². The first-order valence-electron chi connectivity index (χ1n) is 4.47. The summed E-state index contributed by atoms with van der Waals surface area (Å²) in [4.78, 5) is 0.560. The van der Waals surface area contributed by atoms with Crippen molar-refractivity contribution >= 4 is 21.3 Å². The lowest BCUT2D eigenvalue weighted by atomic mass is 10.2. The van der Waals surface area contributed by atoms with Gasteiger partial charge >= 0.3 is 0 Å². The Bertz CT molecular complexity index is 284. The van der Waals surface area contributed by atoms with Crippen LogP contribution in [-0.4, -0.2) is 15.3 Å². The number of hydrogen-bond acceptors (Lipinski definition) is 1. The molecular weight excluding hydrogens is 199 g/mol. The molecule has 2 rings (SSSR count). The predicted octanol–water partition coefficient (Wildman–Crippen LogP) is 3.08. The van der Waals surface area contributed by atoms with E-state index in [1.807, 2.05) is 23.9 Å². The highest BCUT2D eigenvalue weighted by atomic mass is 32.2. The molecule has 0 amide bonds. The fourth-order valence-electron chi connectivity index (χ4n) is 1.45. The van der Waals surface area contributed by atoms with Crippen molar-refractivity contribution in [1.82, 2.24) is 0 Å². The zero-order chi connectivity index (χ0) is 9.10. The van der Waals surface area contributed by atoms with Crippen LogP contribution in [0.15, 0.2) is 24.3 Å². The van der Waals surface area contributed by atoms with E-state index < -0.39 is 0 Å². The Labute approximate surface area is 84.7 Å². The van der Waals surface area contributed by atoms with Crippen LogP contribution in [0.5, 0.6) is 0 Å². The maximum atomic E-state index is 12.9. The van der Waals surface area contributed by atoms with E-state index in [0.717, 1.165) is 9.52 Å². The highest BCUT2D eigenvalue weighted by Gasteiger charge is 2.16. The lowest BCUT2D eigenvalue weighted by Gasteiger charge is -2.20. The molecule has 1 atom stereocenters. The van der Waals surface area contributed by atoms with Gasteiger partial charge in [-0.3, -0.25) is 0 Å². The predicted molar refractivity (Wildman–Crippen MR) is 56.8 cm³/mol. The molecule has 3 heteroatoms. The van der Waals surface area contributed by atoms with Crippen molar-refractivity contribution in [1.29, 1.82) is 0 Å². The molecule has 1 heterocycles. The minimum absolute atomic E-state index is 0.103. The normalized spacial score (nSPS) is 23.0. The summed E-state index contributed by atoms with van der Waals surface area (Å²) in [5.74, 6) is 1.13. The highest BCUT2D eigenvalue weighted by Crippen LogP contribution is 2.33. The first kappa shape index (κ1) is 9.28. The standard InChI is InChI=1S/C10H11FSSi/c11-9-4-1-3-8(7-9)10-12-5-2-6-13-10/h1,3-4,7,10H,2,5-6H2. The average molecular weight is 210 g/mol. The summed E-state index contributed by atoms with van der Waals surface area (Å²) < 4.78 is 12.9. The molecule has 0 aliphatic carbocycles. The molecule has 1 unspecified atom stereocenters. The van der Waals surface area contributed by atoms with Crippen LogP contribution in [-0.2, 0) is 0 Å². The Morgan fingerprint density at radius 2 is 2.38 bits per heavy atom. The zero-order valence-corrected chi connectivity index (χ0v) is 9.11. The Kier molecular flexibility index (Phi) is 3.06. The van der Waals surface area contributed by atoms with E-state index in [-0.39, 0.29) is 5.82 Å². The van der Waals surface area contributed by atoms with E-state index in [4.69, 9.17) is 0 Å². The van der Waals surface area contributed by atoms with Crippen molar-refractivity contribution in [2.75, 3.05) is 5.75 Å². The molecule has 0 spiro atoms. The molecule has 1 saturated heterocycles. The van der Waals surface area contributed by atoms with E-state index >= 15 is 0 Å². The quantitative estimate of drug-likeness (QED) is 0.642. The van der Waals surface area contributed by atoms with Crippen LogP contribution in [0.4, 0.5) is 4.39 Å². The molecule has 2 radical (unpaired) electrons. The molecular formula is C10H11FSSi. The summed E-state index contributed by atoms with van der Waals surface area (Å²) in [6, 6.07) is 8.35. The topological polar surface area (TPSA) is 0 Å². The fourth-order valence-corrected chi connectivity index (χ4v) is 4.83. The Morgan fingerprint density at radius 3 is 3.08 bits per heavy atom. The summed E-state index contributed by atoms with van der Waals surface area (Å²) in [6.07, 6.45) is 1.33. The van der Waals surface area contributed by atoms with E-state index in [1.165, 1.54) is 29.8 Å². The van der Waals surface area contributed by atoms with Crippen molar-refractivity contribution in [3.05, 3.63) is 35.6 Å². The molecule has 1 aliphatic rings. The molecule has 0 aromatic heterocycles. The van der Waals surface area contributed by atoms with Gasteiger partial charge < -0.3 is 0 Å². The second-order valence-electron chi connectivity index (χ2n) is 3.11. The summed E-state index contributed by atoms with van der Waals surface area (Å²) in [5.41, 5.74) is 1.17. The molecule has 13 heavy (non-hydrogen) atoms. The minimum Gasteiger partial charge on any atom is -0.207 e. The van der Waals surface area contributed by atoms with Gasteiger partial charge in [-0.05, 0) is 29.9 Å². The Morgan fingerprint density at radius 1 is 1.46 bits per heavy atom. The molecule has 68 valence electrons. The van der Waals surface area contributed by atoms with Gasteiger partial charge in [0, 0.05) is 4.87 Å². The third-order valence-electron chi connectivity index (χ3n) is 2.09. The second kappa shape index (κ2) is 4.29. The molecule has 0 saturated carbocycles. The van der Waals surface area contributed by atoms with Crippen LogP contribution in [0.3, 0.4) is 0 Å². The van der Waals surface area contributed by atoms with Crippen molar-refractivity contribution in [2.24, 2.45) is 0 Å². The molecule has 1 aromatic rings. The van der Waals surface area contributed by atoms with Gasteiger partial charge in [-0.25, -0.2) is 4.39 Å². The third-order valence-corrected chi connectivity index (χ3v) is 5.56. The molecule has 1 aliphatic heterocycles. The Hall–Kier alpha value is -0.283. The van der Waals surface area contributed by atoms with Gasteiger partial charge in [0.1, 0.15) is 5.82 Å². The smallest absolute Gasteiger partial charge is 0.123 e. The third kappa shape index (κ3) is 2.35. The number of halogens is 1. The van der Waals surface area contributed by atoms with Crippen molar-refractivity contribution < 1.29 is 4.39 Å². The summed E-state index contributed by atoms with van der Waals surface area (Å²) in [7, 11) is 0.963. The van der Waals surface area contributed by atoms with Gasteiger partial charge in [0.2, 0.25) is 0 Å². The fraction of sp³-hybridized carbons (Fsp3) is 0.400. The second-order valence-corrected chi connectivity index (χ2v) is 6.23. The molecule has 1 aromatic carbocycles. The van der Waals surface area contributed by atoms with Crippen LogP contribution in [0, 0.1) is 5.82 Å². The van der Waals surface area contributed by atoms with Crippen LogP contribution < -0.4 is 0 Å². The number of benzene rings is 1. The van der Waals surface area contributed by atoms with Gasteiger partial charge in [0.25, 0.3) is 0 Å². The van der Waals surface area contributed by atoms with Crippen LogP contribution in [0.1, 0.15) is 16.9 Å². The largest absolute Gasteiger partial charge is 0.207 e. The molecule has 0 bridgehead atoms. The van der Waals surface area contributed by atoms with Gasteiger partial charge in [0.05, 0.1) is 9.52 Å². The molecule has 1 fully saturated rings. The number of hydrogen-bond donors (Lipinski definition) is 0. The lowest BCUT2D eigenvalue weighted by molar-refractivity contribution is 0.626. The van der Waals surface area contributed by atoms with E-state index in [9.17, 15) is 4.39 Å². The minimum atomic E-state index is -0.103. The monoisotopic (exact) mass is 210 g/mol. The summed E-state index contributed by atoms with van der Waals surface area (Å²) >= 11 is 1.97. The van der Waals surface area contributed by atoms with Crippen LogP contribution in [0.25, 0.3) is 0 Å². The van der Waals surface area contributed by atoms with Crippen LogP contribution >= 0.6 is 11.8 Å². The highest BCUT2D eigenvalue weighted by molar-refractivity contribution is 8.00. The van der Waals surface area contributed by atoms with Gasteiger partial charge in [0.15, 0.2) is 0 Å². The summed E-state index contributed by atoms with van der Waals surface area (Å²) in [5, 5.41) is 0. The van der Waals surface area contributed by atoms with Gasteiger partial charge in [-0.1, -0.05) is 18.2 Å². The maximum Gasteiger partial charge on any atom is 0.123 e. The zero-order valence-electron chi connectivity index (χ0n) is 7.29.